The second kappa shape index (κ2) is 9.70. The molecular formula is C17H27ClN2O2. The van der Waals surface area contributed by atoms with Crippen molar-refractivity contribution in [3.8, 4) is 5.75 Å². The fourth-order valence-electron chi connectivity index (χ4n) is 2.35. The molecule has 1 heterocycles. The van der Waals surface area contributed by atoms with Gasteiger partial charge in [0.2, 0.25) is 0 Å². The normalized spacial score (nSPS) is 15.2. The zero-order valence-electron chi connectivity index (χ0n) is 13.4. The Morgan fingerprint density at radius 1 is 1.27 bits per heavy atom. The molecule has 0 atom stereocenters. The fourth-order valence-corrected chi connectivity index (χ4v) is 2.35. The Balaban J connectivity index is 0.00000242. The van der Waals surface area contributed by atoms with Gasteiger partial charge in [-0.2, -0.15) is 0 Å². The highest BCUT2D eigenvalue weighted by Crippen LogP contribution is 2.14. The van der Waals surface area contributed by atoms with E-state index < -0.39 is 0 Å². The van der Waals surface area contributed by atoms with Gasteiger partial charge >= 0.3 is 0 Å². The van der Waals surface area contributed by atoms with Crippen LogP contribution in [-0.4, -0.2) is 31.6 Å². The minimum Gasteiger partial charge on any atom is -0.494 e. The summed E-state index contributed by atoms with van der Waals surface area (Å²) in [5, 5.41) is 6.39. The average molecular weight is 327 g/mol. The van der Waals surface area contributed by atoms with Crippen LogP contribution in [0.1, 0.15) is 43.5 Å². The summed E-state index contributed by atoms with van der Waals surface area (Å²) < 4.78 is 5.66. The van der Waals surface area contributed by atoms with Crippen LogP contribution in [0.25, 0.3) is 0 Å². The van der Waals surface area contributed by atoms with Crippen molar-refractivity contribution in [2.45, 2.75) is 39.2 Å². The lowest BCUT2D eigenvalue weighted by Crippen LogP contribution is -2.42. The van der Waals surface area contributed by atoms with Crippen LogP contribution < -0.4 is 15.4 Å². The van der Waals surface area contributed by atoms with Gasteiger partial charge in [0, 0.05) is 11.6 Å². The van der Waals surface area contributed by atoms with Gasteiger partial charge in [-0.1, -0.05) is 13.8 Å². The molecule has 1 aliphatic heterocycles. The number of rotatable bonds is 6. The predicted octanol–water partition coefficient (Wildman–Crippen LogP) is 3.02. The van der Waals surface area contributed by atoms with Crippen LogP contribution in [0.3, 0.4) is 0 Å². The quantitative estimate of drug-likeness (QED) is 0.845. The van der Waals surface area contributed by atoms with Crippen molar-refractivity contribution < 1.29 is 9.53 Å². The second-order valence-corrected chi connectivity index (χ2v) is 6.05. The predicted molar refractivity (Wildman–Crippen MR) is 92.0 cm³/mol. The molecular weight excluding hydrogens is 300 g/mol. The second-order valence-electron chi connectivity index (χ2n) is 6.05. The third kappa shape index (κ3) is 6.24. The molecule has 1 saturated heterocycles. The third-order valence-corrected chi connectivity index (χ3v) is 3.75. The maximum atomic E-state index is 12.2. The Morgan fingerprint density at radius 3 is 2.50 bits per heavy atom. The monoisotopic (exact) mass is 326 g/mol. The van der Waals surface area contributed by atoms with E-state index in [9.17, 15) is 4.79 Å². The Morgan fingerprint density at radius 2 is 1.91 bits per heavy atom. The molecule has 0 spiro atoms. The van der Waals surface area contributed by atoms with E-state index in [1.807, 2.05) is 24.3 Å². The van der Waals surface area contributed by atoms with E-state index >= 15 is 0 Å². The molecule has 1 amide bonds. The molecule has 2 rings (SSSR count). The maximum absolute atomic E-state index is 12.2. The molecule has 0 saturated carbocycles. The van der Waals surface area contributed by atoms with E-state index in [-0.39, 0.29) is 18.3 Å². The number of carbonyl (C=O) groups is 1. The zero-order valence-corrected chi connectivity index (χ0v) is 14.2. The van der Waals surface area contributed by atoms with Gasteiger partial charge in [0.05, 0.1) is 6.61 Å². The van der Waals surface area contributed by atoms with Gasteiger partial charge in [0.15, 0.2) is 0 Å². The molecule has 124 valence electrons. The summed E-state index contributed by atoms with van der Waals surface area (Å²) in [6.45, 7) is 7.04. The van der Waals surface area contributed by atoms with Crippen LogP contribution in [-0.2, 0) is 0 Å². The Kier molecular flexibility index (Phi) is 8.28. The number of benzene rings is 1. The zero-order chi connectivity index (χ0) is 15.1. The first-order chi connectivity index (χ1) is 10.1. The van der Waals surface area contributed by atoms with Crippen molar-refractivity contribution in [2.75, 3.05) is 19.7 Å². The summed E-state index contributed by atoms with van der Waals surface area (Å²) in [6, 6.07) is 7.71. The molecule has 0 bridgehead atoms. The standard InChI is InChI=1S/C17H26N2O2.ClH/c1-13(2)9-12-21-16-5-3-14(4-6-16)17(20)19-15-7-10-18-11-8-15;/h3-6,13,15,18H,7-12H2,1-2H3,(H,19,20);1H. The summed E-state index contributed by atoms with van der Waals surface area (Å²) in [6.07, 6.45) is 3.04. The average Bonchev–Trinajstić information content (AvgIpc) is 2.48. The lowest BCUT2D eigenvalue weighted by atomic mass is 10.1. The van der Waals surface area contributed by atoms with Crippen molar-refractivity contribution >= 4 is 18.3 Å². The Hall–Kier alpha value is -1.26. The number of hydrogen-bond donors (Lipinski definition) is 2. The van der Waals surface area contributed by atoms with E-state index in [0.29, 0.717) is 17.5 Å². The van der Waals surface area contributed by atoms with Gasteiger partial charge in [-0.05, 0) is 62.5 Å². The highest BCUT2D eigenvalue weighted by molar-refractivity contribution is 5.94. The molecule has 1 fully saturated rings. The van der Waals surface area contributed by atoms with Crippen LogP contribution in [0.5, 0.6) is 5.75 Å². The smallest absolute Gasteiger partial charge is 0.251 e. The van der Waals surface area contributed by atoms with E-state index in [1.165, 1.54) is 0 Å². The summed E-state index contributed by atoms with van der Waals surface area (Å²) in [4.78, 5) is 12.2. The minimum absolute atomic E-state index is 0. The molecule has 4 nitrogen and oxygen atoms in total. The molecule has 0 aliphatic carbocycles. The van der Waals surface area contributed by atoms with Crippen LogP contribution >= 0.6 is 12.4 Å². The molecule has 1 aromatic rings. The molecule has 5 heteroatoms. The number of carbonyl (C=O) groups excluding carboxylic acids is 1. The molecule has 22 heavy (non-hydrogen) atoms. The van der Waals surface area contributed by atoms with Crippen LogP contribution in [0.15, 0.2) is 24.3 Å². The van der Waals surface area contributed by atoms with E-state index in [1.54, 1.807) is 0 Å². The molecule has 1 aliphatic rings. The van der Waals surface area contributed by atoms with E-state index in [4.69, 9.17) is 4.74 Å². The third-order valence-electron chi connectivity index (χ3n) is 3.75. The minimum atomic E-state index is 0. The van der Waals surface area contributed by atoms with Gasteiger partial charge in [-0.3, -0.25) is 4.79 Å². The first-order valence-corrected chi connectivity index (χ1v) is 7.89. The van der Waals surface area contributed by atoms with Gasteiger partial charge < -0.3 is 15.4 Å². The number of halogens is 1. The number of piperidine rings is 1. The maximum Gasteiger partial charge on any atom is 0.251 e. The lowest BCUT2D eigenvalue weighted by molar-refractivity contribution is 0.0929. The summed E-state index contributed by atoms with van der Waals surface area (Å²) in [7, 11) is 0. The highest BCUT2D eigenvalue weighted by Gasteiger charge is 2.16. The van der Waals surface area contributed by atoms with Crippen molar-refractivity contribution in [1.29, 1.82) is 0 Å². The molecule has 0 unspecified atom stereocenters. The Labute approximate surface area is 139 Å². The van der Waals surface area contributed by atoms with Crippen LogP contribution in [0.2, 0.25) is 0 Å². The molecule has 0 radical (unpaired) electrons. The molecule has 1 aromatic carbocycles. The van der Waals surface area contributed by atoms with Gasteiger partial charge in [0.25, 0.3) is 5.91 Å². The van der Waals surface area contributed by atoms with Crippen LogP contribution in [0.4, 0.5) is 0 Å². The van der Waals surface area contributed by atoms with Crippen molar-refractivity contribution in [1.82, 2.24) is 10.6 Å². The van der Waals surface area contributed by atoms with Crippen molar-refractivity contribution in [3.63, 3.8) is 0 Å². The first kappa shape index (κ1) is 18.8. The number of nitrogens with one attached hydrogen (secondary N) is 2. The van der Waals surface area contributed by atoms with Gasteiger partial charge in [-0.15, -0.1) is 12.4 Å². The molecule has 0 aromatic heterocycles. The summed E-state index contributed by atoms with van der Waals surface area (Å²) in [5.41, 5.74) is 0.699. The van der Waals surface area contributed by atoms with E-state index in [0.717, 1.165) is 44.7 Å². The SMILES string of the molecule is CC(C)CCOc1ccc(C(=O)NC2CCNCC2)cc1.Cl. The number of ether oxygens (including phenoxy) is 1. The molecule has 2 N–H and O–H groups in total. The van der Waals surface area contributed by atoms with Crippen molar-refractivity contribution in [3.05, 3.63) is 29.8 Å². The highest BCUT2D eigenvalue weighted by atomic mass is 35.5. The van der Waals surface area contributed by atoms with Gasteiger partial charge in [0.1, 0.15) is 5.75 Å². The topological polar surface area (TPSA) is 50.4 Å². The van der Waals surface area contributed by atoms with Gasteiger partial charge in [-0.25, -0.2) is 0 Å². The lowest BCUT2D eigenvalue weighted by Gasteiger charge is -2.23. The van der Waals surface area contributed by atoms with E-state index in [2.05, 4.69) is 24.5 Å². The fraction of sp³-hybridized carbons (Fsp3) is 0.588. The summed E-state index contributed by atoms with van der Waals surface area (Å²) >= 11 is 0. The number of amides is 1. The first-order valence-electron chi connectivity index (χ1n) is 7.89. The summed E-state index contributed by atoms with van der Waals surface area (Å²) in [5.74, 6) is 1.48. The van der Waals surface area contributed by atoms with Crippen molar-refractivity contribution in [2.24, 2.45) is 5.92 Å². The Bertz CT molecular complexity index is 442. The number of hydrogen-bond acceptors (Lipinski definition) is 3. The largest absolute Gasteiger partial charge is 0.494 e. The van der Waals surface area contributed by atoms with Crippen LogP contribution in [0, 0.1) is 5.92 Å².